The third-order valence-corrected chi connectivity index (χ3v) is 2.70. The monoisotopic (exact) mass is 205 g/mol. The minimum absolute atomic E-state index is 0.763. The predicted octanol–water partition coefficient (Wildman–Crippen LogP) is 1.71. The second-order valence-electron chi connectivity index (χ2n) is 4.53. The Morgan fingerprint density at radius 3 is 2.73 bits per heavy atom. The van der Waals surface area contributed by atoms with Crippen LogP contribution in [0.5, 0.6) is 0 Å². The molecule has 0 spiro atoms. The molecule has 1 heterocycles. The molecule has 2 rings (SSSR count). The number of anilines is 1. The summed E-state index contributed by atoms with van der Waals surface area (Å²) < 4.78 is 0. The zero-order valence-corrected chi connectivity index (χ0v) is 9.75. The minimum Gasteiger partial charge on any atom is -0.363 e. The molecule has 0 saturated heterocycles. The molecule has 1 N–H and O–H groups in total. The molecule has 0 aromatic carbocycles. The lowest BCUT2D eigenvalue weighted by Gasteiger charge is -2.15. The normalized spacial score (nSPS) is 15.4. The second kappa shape index (κ2) is 4.19. The molecule has 0 radical (unpaired) electrons. The fraction of sp³-hybridized carbons (Fsp3) is 0.583. The highest BCUT2D eigenvalue weighted by atomic mass is 15.1. The molecule has 0 unspecified atom stereocenters. The molecule has 1 fully saturated rings. The van der Waals surface area contributed by atoms with E-state index in [0.29, 0.717) is 0 Å². The van der Waals surface area contributed by atoms with Crippen LogP contribution in [0.4, 0.5) is 5.82 Å². The zero-order chi connectivity index (χ0) is 10.8. The highest BCUT2D eigenvalue weighted by Gasteiger charge is 2.20. The number of aromatic nitrogens is 1. The standard InChI is InChI=1S/C12H19N3/c1-9-6-10(7-13-11-4-5-11)8-14-12(9)15(2)3/h6,8,11,13H,4-5,7H2,1-3H3. The molecule has 1 aliphatic rings. The number of aryl methyl sites for hydroxylation is 1. The average Bonchev–Trinajstić information content (AvgIpc) is 2.97. The Morgan fingerprint density at radius 2 is 2.20 bits per heavy atom. The highest BCUT2D eigenvalue weighted by molar-refractivity contribution is 5.45. The van der Waals surface area contributed by atoms with E-state index in [-0.39, 0.29) is 0 Å². The first-order chi connectivity index (χ1) is 7.16. The topological polar surface area (TPSA) is 28.2 Å². The SMILES string of the molecule is Cc1cc(CNC2CC2)cnc1N(C)C. The number of nitrogens with one attached hydrogen (secondary N) is 1. The number of pyridine rings is 1. The minimum atomic E-state index is 0.763. The largest absolute Gasteiger partial charge is 0.363 e. The van der Waals surface area contributed by atoms with Crippen LogP contribution in [0, 0.1) is 6.92 Å². The van der Waals surface area contributed by atoms with Crippen LogP contribution >= 0.6 is 0 Å². The molecule has 1 aromatic rings. The van der Waals surface area contributed by atoms with Crippen LogP contribution in [0.1, 0.15) is 24.0 Å². The average molecular weight is 205 g/mol. The van der Waals surface area contributed by atoms with E-state index in [4.69, 9.17) is 0 Å². The zero-order valence-electron chi connectivity index (χ0n) is 9.75. The quantitative estimate of drug-likeness (QED) is 0.811. The summed E-state index contributed by atoms with van der Waals surface area (Å²) in [4.78, 5) is 6.51. The summed E-state index contributed by atoms with van der Waals surface area (Å²) in [6, 6.07) is 2.98. The van der Waals surface area contributed by atoms with E-state index >= 15 is 0 Å². The van der Waals surface area contributed by atoms with Crippen molar-refractivity contribution in [1.82, 2.24) is 10.3 Å². The van der Waals surface area contributed by atoms with E-state index in [0.717, 1.165) is 18.4 Å². The molecule has 15 heavy (non-hydrogen) atoms. The van der Waals surface area contributed by atoms with Gasteiger partial charge in [0.15, 0.2) is 0 Å². The maximum absolute atomic E-state index is 4.46. The Kier molecular flexibility index (Phi) is 2.91. The van der Waals surface area contributed by atoms with Crippen molar-refractivity contribution < 1.29 is 0 Å². The molecular weight excluding hydrogens is 186 g/mol. The van der Waals surface area contributed by atoms with Gasteiger partial charge >= 0.3 is 0 Å². The number of rotatable bonds is 4. The summed E-state index contributed by atoms with van der Waals surface area (Å²) in [5.41, 5.74) is 2.53. The van der Waals surface area contributed by atoms with E-state index in [2.05, 4.69) is 23.3 Å². The maximum atomic E-state index is 4.46. The van der Waals surface area contributed by atoms with Crippen LogP contribution in [0.25, 0.3) is 0 Å². The van der Waals surface area contributed by atoms with Crippen molar-refractivity contribution in [3.63, 3.8) is 0 Å². The smallest absolute Gasteiger partial charge is 0.130 e. The molecule has 1 saturated carbocycles. The van der Waals surface area contributed by atoms with Gasteiger partial charge in [0.25, 0.3) is 0 Å². The lowest BCUT2D eigenvalue weighted by Crippen LogP contribution is -2.17. The van der Waals surface area contributed by atoms with Crippen molar-refractivity contribution in [1.29, 1.82) is 0 Å². The Morgan fingerprint density at radius 1 is 1.47 bits per heavy atom. The second-order valence-corrected chi connectivity index (χ2v) is 4.53. The van der Waals surface area contributed by atoms with Crippen molar-refractivity contribution >= 4 is 5.82 Å². The van der Waals surface area contributed by atoms with Gasteiger partial charge in [-0.05, 0) is 37.0 Å². The Labute approximate surface area is 91.5 Å². The fourth-order valence-electron chi connectivity index (χ4n) is 1.74. The first-order valence-electron chi connectivity index (χ1n) is 5.53. The summed E-state index contributed by atoms with van der Waals surface area (Å²) in [6.45, 7) is 3.06. The Balaban J connectivity index is 2.03. The van der Waals surface area contributed by atoms with Gasteiger partial charge in [-0.25, -0.2) is 4.98 Å². The molecule has 0 atom stereocenters. The Hall–Kier alpha value is -1.09. The third-order valence-electron chi connectivity index (χ3n) is 2.70. The number of nitrogens with zero attached hydrogens (tertiary/aromatic N) is 2. The lowest BCUT2D eigenvalue weighted by atomic mass is 10.2. The molecule has 3 heteroatoms. The molecule has 1 aliphatic carbocycles. The van der Waals surface area contributed by atoms with Crippen LogP contribution in [0.3, 0.4) is 0 Å². The third kappa shape index (κ3) is 2.69. The van der Waals surface area contributed by atoms with Crippen LogP contribution < -0.4 is 10.2 Å². The van der Waals surface area contributed by atoms with Gasteiger partial charge in [-0.3, -0.25) is 0 Å². The van der Waals surface area contributed by atoms with Gasteiger partial charge < -0.3 is 10.2 Å². The number of hydrogen-bond donors (Lipinski definition) is 1. The van der Waals surface area contributed by atoms with E-state index in [1.165, 1.54) is 24.0 Å². The van der Waals surface area contributed by atoms with Crippen molar-refractivity contribution in [2.24, 2.45) is 0 Å². The van der Waals surface area contributed by atoms with Gasteiger partial charge in [-0.1, -0.05) is 0 Å². The van der Waals surface area contributed by atoms with Crippen molar-refractivity contribution in [2.45, 2.75) is 32.4 Å². The van der Waals surface area contributed by atoms with Crippen molar-refractivity contribution in [2.75, 3.05) is 19.0 Å². The van der Waals surface area contributed by atoms with E-state index in [9.17, 15) is 0 Å². The van der Waals surface area contributed by atoms with Crippen molar-refractivity contribution in [3.05, 3.63) is 23.4 Å². The summed E-state index contributed by atoms with van der Waals surface area (Å²) in [6.07, 6.45) is 4.64. The van der Waals surface area contributed by atoms with Gasteiger partial charge in [-0.15, -0.1) is 0 Å². The molecule has 1 aromatic heterocycles. The van der Waals surface area contributed by atoms with E-state index in [1.807, 2.05) is 25.2 Å². The molecule has 0 aliphatic heterocycles. The first kappa shape index (κ1) is 10.4. The first-order valence-corrected chi connectivity index (χ1v) is 5.53. The fourth-order valence-corrected chi connectivity index (χ4v) is 1.74. The molecule has 82 valence electrons. The summed E-state index contributed by atoms with van der Waals surface area (Å²) >= 11 is 0. The van der Waals surface area contributed by atoms with Crippen LogP contribution in [0.2, 0.25) is 0 Å². The summed E-state index contributed by atoms with van der Waals surface area (Å²) in [7, 11) is 4.05. The van der Waals surface area contributed by atoms with Gasteiger partial charge in [0.2, 0.25) is 0 Å². The molecular formula is C12H19N3. The Bertz CT molecular complexity index is 343. The molecule has 0 amide bonds. The van der Waals surface area contributed by atoms with Gasteiger partial charge in [0.05, 0.1) is 0 Å². The van der Waals surface area contributed by atoms with E-state index < -0.39 is 0 Å². The highest BCUT2D eigenvalue weighted by Crippen LogP contribution is 2.20. The van der Waals surface area contributed by atoms with Gasteiger partial charge in [-0.2, -0.15) is 0 Å². The number of hydrogen-bond acceptors (Lipinski definition) is 3. The molecule has 3 nitrogen and oxygen atoms in total. The van der Waals surface area contributed by atoms with Crippen LogP contribution in [-0.2, 0) is 6.54 Å². The molecule has 0 bridgehead atoms. The van der Waals surface area contributed by atoms with Crippen LogP contribution in [0.15, 0.2) is 12.3 Å². The summed E-state index contributed by atoms with van der Waals surface area (Å²) in [5.74, 6) is 1.06. The maximum Gasteiger partial charge on any atom is 0.130 e. The summed E-state index contributed by atoms with van der Waals surface area (Å²) in [5, 5.41) is 3.50. The predicted molar refractivity (Wildman–Crippen MR) is 63.2 cm³/mol. The van der Waals surface area contributed by atoms with Gasteiger partial charge in [0, 0.05) is 32.9 Å². The van der Waals surface area contributed by atoms with Crippen molar-refractivity contribution in [3.8, 4) is 0 Å². The van der Waals surface area contributed by atoms with Gasteiger partial charge in [0.1, 0.15) is 5.82 Å². The van der Waals surface area contributed by atoms with Crippen LogP contribution in [-0.4, -0.2) is 25.1 Å². The lowest BCUT2D eigenvalue weighted by molar-refractivity contribution is 0.685. The van der Waals surface area contributed by atoms with E-state index in [1.54, 1.807) is 0 Å².